The number of pyridine rings is 1. The van der Waals surface area contributed by atoms with Crippen molar-refractivity contribution >= 4 is 17.6 Å². The molecule has 7 nitrogen and oxygen atoms in total. The second-order valence-electron chi connectivity index (χ2n) is 9.98. The molecule has 0 unspecified atom stereocenters. The molecule has 1 saturated carbocycles. The van der Waals surface area contributed by atoms with Gasteiger partial charge in [0.15, 0.2) is 0 Å². The normalized spacial score (nSPS) is 22.1. The molecule has 2 aliphatic heterocycles. The van der Waals surface area contributed by atoms with E-state index >= 15 is 0 Å². The number of fused-ring (bicyclic) bond motifs is 2. The van der Waals surface area contributed by atoms with E-state index in [4.69, 9.17) is 10.5 Å². The van der Waals surface area contributed by atoms with Crippen molar-refractivity contribution in [3.05, 3.63) is 71.2 Å². The van der Waals surface area contributed by atoms with Gasteiger partial charge in [0.25, 0.3) is 5.91 Å². The number of aromatic nitrogens is 1. The topological polar surface area (TPSA) is 97.5 Å². The summed E-state index contributed by atoms with van der Waals surface area (Å²) in [4.78, 5) is 30.2. The van der Waals surface area contributed by atoms with Crippen molar-refractivity contribution in [1.82, 2.24) is 15.2 Å². The lowest BCUT2D eigenvalue weighted by molar-refractivity contribution is -0.134. The molecule has 2 amide bonds. The van der Waals surface area contributed by atoms with Crippen LogP contribution in [0.15, 0.2) is 48.5 Å². The van der Waals surface area contributed by atoms with Crippen LogP contribution in [0.5, 0.6) is 0 Å². The van der Waals surface area contributed by atoms with E-state index in [0.717, 1.165) is 30.5 Å². The van der Waals surface area contributed by atoms with Crippen LogP contribution < -0.4 is 11.1 Å². The molecular formula is C28H27FN4O3. The molecule has 3 aliphatic rings. The SMILES string of the molecule is COCC(=O)N1C[C@H]2C[C@@]2(c2ccc(-c3cc(-c4ccc5c(c4)CCNC5=O)c(N)nc3F)cc2)C1. The summed E-state index contributed by atoms with van der Waals surface area (Å²) < 4.78 is 20.0. The fourth-order valence-corrected chi connectivity index (χ4v) is 5.85. The van der Waals surface area contributed by atoms with E-state index in [9.17, 15) is 14.0 Å². The summed E-state index contributed by atoms with van der Waals surface area (Å²) >= 11 is 0. The molecular weight excluding hydrogens is 459 g/mol. The van der Waals surface area contributed by atoms with Crippen molar-refractivity contribution in [3.8, 4) is 22.3 Å². The quantitative estimate of drug-likeness (QED) is 0.540. The Labute approximate surface area is 208 Å². The molecule has 0 spiro atoms. The van der Waals surface area contributed by atoms with Crippen LogP contribution >= 0.6 is 0 Å². The number of halogens is 1. The number of likely N-dealkylation sites (tertiary alicyclic amines) is 1. The number of anilines is 1. The maximum atomic E-state index is 15.0. The Morgan fingerprint density at radius 2 is 1.94 bits per heavy atom. The molecule has 1 aliphatic carbocycles. The van der Waals surface area contributed by atoms with Gasteiger partial charge in [-0.2, -0.15) is 4.39 Å². The Morgan fingerprint density at radius 3 is 2.72 bits per heavy atom. The van der Waals surface area contributed by atoms with Gasteiger partial charge in [-0.1, -0.05) is 36.4 Å². The molecule has 1 aromatic heterocycles. The summed E-state index contributed by atoms with van der Waals surface area (Å²) in [5.41, 5.74) is 11.4. The number of nitrogens with two attached hydrogens (primary N) is 1. The summed E-state index contributed by atoms with van der Waals surface area (Å²) in [5.74, 6) is -0.122. The van der Waals surface area contributed by atoms with E-state index in [1.165, 1.54) is 12.7 Å². The monoisotopic (exact) mass is 486 g/mol. The number of carbonyl (C=O) groups excluding carboxylic acids is 2. The van der Waals surface area contributed by atoms with E-state index in [-0.39, 0.29) is 29.7 Å². The highest BCUT2D eigenvalue weighted by molar-refractivity contribution is 5.97. The molecule has 6 rings (SSSR count). The fraction of sp³-hybridized carbons (Fsp3) is 0.321. The van der Waals surface area contributed by atoms with Gasteiger partial charge in [0.2, 0.25) is 11.9 Å². The zero-order chi connectivity index (χ0) is 25.0. The third kappa shape index (κ3) is 3.64. The van der Waals surface area contributed by atoms with Gasteiger partial charge >= 0.3 is 0 Å². The fourth-order valence-electron chi connectivity index (χ4n) is 5.85. The highest BCUT2D eigenvalue weighted by atomic mass is 19.1. The number of hydrogen-bond donors (Lipinski definition) is 2. The number of methoxy groups -OCH3 is 1. The number of rotatable bonds is 5. The minimum Gasteiger partial charge on any atom is -0.383 e. The molecule has 36 heavy (non-hydrogen) atoms. The zero-order valence-electron chi connectivity index (χ0n) is 20.0. The van der Waals surface area contributed by atoms with E-state index in [0.29, 0.717) is 41.3 Å². The van der Waals surface area contributed by atoms with E-state index in [1.807, 2.05) is 41.3 Å². The first-order valence-electron chi connectivity index (χ1n) is 12.1. The molecule has 2 atom stereocenters. The van der Waals surface area contributed by atoms with Gasteiger partial charge in [-0.15, -0.1) is 0 Å². The Balaban J connectivity index is 1.29. The Morgan fingerprint density at radius 1 is 1.17 bits per heavy atom. The minimum atomic E-state index is -0.624. The number of ether oxygens (including phenoxy) is 1. The van der Waals surface area contributed by atoms with Crippen LogP contribution in [0.1, 0.15) is 27.9 Å². The lowest BCUT2D eigenvalue weighted by Gasteiger charge is -2.21. The molecule has 2 fully saturated rings. The Kier molecular flexibility index (Phi) is 5.30. The van der Waals surface area contributed by atoms with Gasteiger partial charge in [-0.3, -0.25) is 9.59 Å². The number of benzene rings is 2. The van der Waals surface area contributed by atoms with Gasteiger partial charge < -0.3 is 20.7 Å². The van der Waals surface area contributed by atoms with Gasteiger partial charge in [-0.25, -0.2) is 4.98 Å². The van der Waals surface area contributed by atoms with Gasteiger partial charge in [0.05, 0.1) is 0 Å². The average Bonchev–Trinajstić information content (AvgIpc) is 3.44. The summed E-state index contributed by atoms with van der Waals surface area (Å²) in [7, 11) is 1.53. The third-order valence-corrected chi connectivity index (χ3v) is 7.88. The highest BCUT2D eigenvalue weighted by Gasteiger charge is 2.61. The number of hydrogen-bond acceptors (Lipinski definition) is 5. The maximum absolute atomic E-state index is 15.0. The predicted molar refractivity (Wildman–Crippen MR) is 134 cm³/mol. The molecule has 184 valence electrons. The average molecular weight is 487 g/mol. The standard InChI is InChI=1S/C28H27FN4O3/c1-36-14-24(34)33-13-20-12-28(20,15-33)19-5-2-16(3-6-19)22-11-23(26(30)32-25(22)29)17-4-7-21-18(10-17)8-9-31-27(21)35/h2-7,10-11,20H,8-9,12-15H2,1H3,(H2,30,32)(H,31,35)/t20-,28+/m1/s1. The molecule has 1 saturated heterocycles. The van der Waals surface area contributed by atoms with Crippen LogP contribution in [-0.2, 0) is 21.4 Å². The van der Waals surface area contributed by atoms with Gasteiger partial charge in [0.1, 0.15) is 12.4 Å². The molecule has 0 bridgehead atoms. The second-order valence-corrected chi connectivity index (χ2v) is 9.98. The van der Waals surface area contributed by atoms with E-state index < -0.39 is 5.95 Å². The van der Waals surface area contributed by atoms with Crippen LogP contribution in [0, 0.1) is 11.9 Å². The summed E-state index contributed by atoms with van der Waals surface area (Å²) in [5, 5.41) is 2.84. The van der Waals surface area contributed by atoms with Crippen LogP contribution in [0.3, 0.4) is 0 Å². The first-order chi connectivity index (χ1) is 17.4. The number of piperidine rings is 1. The number of nitrogen functional groups attached to an aromatic ring is 1. The van der Waals surface area contributed by atoms with Crippen molar-refractivity contribution in [2.45, 2.75) is 18.3 Å². The van der Waals surface area contributed by atoms with Crippen LogP contribution in [-0.4, -0.2) is 55.0 Å². The van der Waals surface area contributed by atoms with Gasteiger partial charge in [-0.05, 0) is 53.1 Å². The largest absolute Gasteiger partial charge is 0.383 e. The third-order valence-electron chi connectivity index (χ3n) is 7.88. The number of amides is 2. The zero-order valence-corrected chi connectivity index (χ0v) is 20.0. The molecule has 0 radical (unpaired) electrons. The maximum Gasteiger partial charge on any atom is 0.251 e. The Hall–Kier alpha value is -3.78. The molecule has 3 aromatic rings. The molecule has 3 heterocycles. The van der Waals surface area contributed by atoms with Crippen molar-refractivity contribution in [2.75, 3.05) is 39.1 Å². The van der Waals surface area contributed by atoms with E-state index in [2.05, 4.69) is 10.3 Å². The van der Waals surface area contributed by atoms with Gasteiger partial charge in [0, 0.05) is 48.8 Å². The molecule has 3 N–H and O–H groups in total. The van der Waals surface area contributed by atoms with Crippen molar-refractivity contribution in [2.24, 2.45) is 5.92 Å². The summed E-state index contributed by atoms with van der Waals surface area (Å²) in [6.07, 6.45) is 1.79. The molecule has 8 heteroatoms. The van der Waals surface area contributed by atoms with Crippen molar-refractivity contribution in [1.29, 1.82) is 0 Å². The number of nitrogens with one attached hydrogen (secondary N) is 1. The first-order valence-corrected chi connectivity index (χ1v) is 12.1. The minimum absolute atomic E-state index is 0.0135. The van der Waals surface area contributed by atoms with E-state index in [1.54, 1.807) is 12.1 Å². The Bertz CT molecular complexity index is 1390. The lowest BCUT2D eigenvalue weighted by Crippen LogP contribution is -2.35. The smallest absolute Gasteiger partial charge is 0.251 e. The first kappa shape index (κ1) is 22.7. The number of nitrogens with zero attached hydrogens (tertiary/aromatic N) is 2. The predicted octanol–water partition coefficient (Wildman–Crippen LogP) is 3.17. The number of carbonyl (C=O) groups is 2. The molecule has 2 aromatic carbocycles. The van der Waals surface area contributed by atoms with Crippen LogP contribution in [0.25, 0.3) is 22.3 Å². The van der Waals surface area contributed by atoms with Crippen LogP contribution in [0.4, 0.5) is 10.2 Å². The van der Waals surface area contributed by atoms with Crippen molar-refractivity contribution in [3.63, 3.8) is 0 Å². The highest BCUT2D eigenvalue weighted by Crippen LogP contribution is 2.59. The van der Waals surface area contributed by atoms with Crippen molar-refractivity contribution < 1.29 is 18.7 Å². The van der Waals surface area contributed by atoms with Crippen LogP contribution in [0.2, 0.25) is 0 Å². The second kappa shape index (κ2) is 8.41. The summed E-state index contributed by atoms with van der Waals surface area (Å²) in [6.45, 7) is 2.14. The summed E-state index contributed by atoms with van der Waals surface area (Å²) in [6, 6.07) is 15.2. The lowest BCUT2D eigenvalue weighted by atomic mass is 9.92.